The van der Waals surface area contributed by atoms with E-state index in [1.54, 1.807) is 35.0 Å². The smallest absolute Gasteiger partial charge is 0.308 e. The van der Waals surface area contributed by atoms with Gasteiger partial charge in [-0.1, -0.05) is 0 Å². The molecule has 0 amide bonds. The fraction of sp³-hybridized carbons (Fsp3) is 0.944. The molecule has 5 fully saturated rings. The Morgan fingerprint density at radius 2 is 1.06 bits per heavy atom. The van der Waals surface area contributed by atoms with Crippen molar-refractivity contribution in [2.24, 2.45) is 0 Å². The van der Waals surface area contributed by atoms with Gasteiger partial charge in [0.1, 0.15) is 42.7 Å². The number of hydrogen-bond acceptors (Lipinski definition) is 18. The summed E-state index contributed by atoms with van der Waals surface area (Å²) in [6.45, 7) is 10.1. The van der Waals surface area contributed by atoms with Crippen LogP contribution < -0.4 is 0 Å². The highest BCUT2D eigenvalue weighted by Crippen LogP contribution is 2.36. The van der Waals surface area contributed by atoms with Crippen molar-refractivity contribution in [1.82, 2.24) is 0 Å². The molecule has 0 aromatic rings. The maximum Gasteiger partial charge on any atom is 0.308 e. The van der Waals surface area contributed by atoms with Crippen LogP contribution in [0.25, 0.3) is 0 Å². The van der Waals surface area contributed by atoms with Crippen molar-refractivity contribution >= 4 is 11.9 Å². The van der Waals surface area contributed by atoms with Crippen LogP contribution in [-0.2, 0) is 75.9 Å². The van der Waals surface area contributed by atoms with Crippen molar-refractivity contribution in [1.29, 1.82) is 0 Å². The Kier molecular flexibility index (Phi) is 15.5. The summed E-state index contributed by atoms with van der Waals surface area (Å²) in [4.78, 5) is 23.8. The summed E-state index contributed by atoms with van der Waals surface area (Å²) in [7, 11) is 6.07. The van der Waals surface area contributed by atoms with Gasteiger partial charge in [0, 0.05) is 54.6 Å². The number of cyclic esters (lactones) is 1. The summed E-state index contributed by atoms with van der Waals surface area (Å²) < 4.78 is 83.4. The van der Waals surface area contributed by atoms with Crippen LogP contribution in [0.2, 0.25) is 0 Å². The first-order chi connectivity index (χ1) is 25.7. The van der Waals surface area contributed by atoms with E-state index in [1.807, 2.05) is 13.8 Å². The standard InChI is InChI=1S/C36H60O18/c1-15-29(40)34(44-10)35(50-20(6)37)36(49-15)54-33-19(5)48-28(14-24(33)43-9)53-32-18(4)47-27(13-23(32)42-8)51-30-16(2)46-26(11-21(30)38)52-31-17(3)45-25(39)12-22(31)41-7/h15-19,21-24,26-36,38,40H,11-14H2,1-10H3/t15-,16-,17-,18-,19-,21+,22-,23+,24+,26+,27+,28+,29+,30-,31-,32-,33-,34+,35-,36+/m1/s1. The van der Waals surface area contributed by atoms with Gasteiger partial charge in [0.25, 0.3) is 0 Å². The van der Waals surface area contributed by atoms with Crippen molar-refractivity contribution < 1.29 is 86.1 Å². The number of ether oxygens (including phenoxy) is 14. The molecule has 5 saturated heterocycles. The molecule has 0 aliphatic carbocycles. The van der Waals surface area contributed by atoms with E-state index in [0.29, 0.717) is 6.42 Å². The van der Waals surface area contributed by atoms with Crippen LogP contribution in [0.1, 0.15) is 67.2 Å². The third-order valence-corrected chi connectivity index (χ3v) is 10.9. The van der Waals surface area contributed by atoms with E-state index >= 15 is 0 Å². The summed E-state index contributed by atoms with van der Waals surface area (Å²) in [5.74, 6) is -0.934. The van der Waals surface area contributed by atoms with Crippen LogP contribution in [0.4, 0.5) is 0 Å². The van der Waals surface area contributed by atoms with Gasteiger partial charge in [0.15, 0.2) is 31.3 Å². The summed E-state index contributed by atoms with van der Waals surface area (Å²) in [6.07, 6.45) is -13.2. The molecule has 5 aliphatic rings. The maximum atomic E-state index is 12.0. The second-order valence-corrected chi connectivity index (χ2v) is 14.7. The van der Waals surface area contributed by atoms with Gasteiger partial charge in [-0.05, 0) is 34.6 Å². The summed E-state index contributed by atoms with van der Waals surface area (Å²) in [5.41, 5.74) is 0. The Labute approximate surface area is 316 Å². The Morgan fingerprint density at radius 3 is 1.56 bits per heavy atom. The third kappa shape index (κ3) is 10.1. The van der Waals surface area contributed by atoms with Gasteiger partial charge in [-0.15, -0.1) is 0 Å². The third-order valence-electron chi connectivity index (χ3n) is 10.9. The largest absolute Gasteiger partial charge is 0.460 e. The lowest BCUT2D eigenvalue weighted by molar-refractivity contribution is -0.356. The predicted octanol–water partition coefficient (Wildman–Crippen LogP) is 0.726. The van der Waals surface area contributed by atoms with Crippen LogP contribution in [0.5, 0.6) is 0 Å². The van der Waals surface area contributed by atoms with Gasteiger partial charge in [-0.2, -0.15) is 0 Å². The van der Waals surface area contributed by atoms with Crippen LogP contribution in [-0.4, -0.2) is 173 Å². The van der Waals surface area contributed by atoms with Gasteiger partial charge in [-0.25, -0.2) is 0 Å². The number of rotatable bonds is 13. The van der Waals surface area contributed by atoms with Crippen LogP contribution in [0.3, 0.4) is 0 Å². The van der Waals surface area contributed by atoms with E-state index in [2.05, 4.69) is 0 Å². The van der Waals surface area contributed by atoms with Crippen molar-refractivity contribution in [3.8, 4) is 0 Å². The van der Waals surface area contributed by atoms with Crippen LogP contribution in [0.15, 0.2) is 0 Å². The van der Waals surface area contributed by atoms with E-state index in [9.17, 15) is 19.8 Å². The number of carbonyl (C=O) groups excluding carboxylic acids is 2. The van der Waals surface area contributed by atoms with E-state index in [1.165, 1.54) is 21.1 Å². The minimum Gasteiger partial charge on any atom is -0.460 e. The van der Waals surface area contributed by atoms with Gasteiger partial charge in [0.2, 0.25) is 0 Å². The number of methoxy groups -OCH3 is 4. The molecular weight excluding hydrogens is 720 g/mol. The number of carbonyl (C=O) groups is 2. The van der Waals surface area contributed by atoms with E-state index in [0.717, 1.165) is 0 Å². The summed E-state index contributed by atoms with van der Waals surface area (Å²) >= 11 is 0. The lowest BCUT2D eigenvalue weighted by Crippen LogP contribution is -2.62. The zero-order chi connectivity index (χ0) is 39.4. The molecule has 0 spiro atoms. The summed E-state index contributed by atoms with van der Waals surface area (Å²) in [5, 5.41) is 21.8. The SMILES string of the molecule is CO[C@H]1[C@@H](O)[C@@H](C)O[C@@H](O[C@H]2[C@@H](OC)C[C@H](O[C@H]3[C@@H](OC)C[C@H](O[C@H]4[C@@H](O)C[C@H](O[C@@H]5[C@@H](C)OC(=O)C[C@H]5OC)O[C@@H]4C)O[C@@H]3C)O[C@@H]2C)[C@@H]1OC(C)=O. The molecule has 5 heterocycles. The topological polar surface area (TPSA) is 204 Å². The molecule has 0 bridgehead atoms. The average Bonchev–Trinajstić information content (AvgIpc) is 3.11. The van der Waals surface area contributed by atoms with Gasteiger partial charge in [0.05, 0.1) is 55.3 Å². The first-order valence-corrected chi connectivity index (χ1v) is 18.7. The molecular formula is C36H60O18. The quantitative estimate of drug-likeness (QED) is 0.247. The molecule has 54 heavy (non-hydrogen) atoms. The van der Waals surface area contributed by atoms with Crippen LogP contribution >= 0.6 is 0 Å². The number of hydrogen-bond donors (Lipinski definition) is 2. The van der Waals surface area contributed by atoms with Crippen molar-refractivity contribution in [2.75, 3.05) is 28.4 Å². The lowest BCUT2D eigenvalue weighted by atomic mass is 9.97. The Bertz CT molecular complexity index is 1200. The molecule has 18 nitrogen and oxygen atoms in total. The van der Waals surface area contributed by atoms with Crippen molar-refractivity contribution in [3.63, 3.8) is 0 Å². The molecule has 5 rings (SSSR count). The zero-order valence-electron chi connectivity index (χ0n) is 32.8. The Morgan fingerprint density at radius 1 is 0.574 bits per heavy atom. The molecule has 0 radical (unpaired) electrons. The normalized spacial score (nSPS) is 47.5. The lowest BCUT2D eigenvalue weighted by Gasteiger charge is -2.47. The molecule has 312 valence electrons. The van der Waals surface area contributed by atoms with Crippen LogP contribution in [0, 0.1) is 0 Å². The minimum absolute atomic E-state index is 0.0647. The first-order valence-electron chi connectivity index (χ1n) is 18.7. The second-order valence-electron chi connectivity index (χ2n) is 14.7. The van der Waals surface area contributed by atoms with Crippen molar-refractivity contribution in [3.05, 3.63) is 0 Å². The molecule has 0 saturated carbocycles. The van der Waals surface area contributed by atoms with E-state index in [-0.39, 0.29) is 25.2 Å². The molecule has 0 unspecified atom stereocenters. The van der Waals surface area contributed by atoms with Gasteiger partial charge in [-0.3, -0.25) is 9.59 Å². The fourth-order valence-electron chi connectivity index (χ4n) is 8.02. The van der Waals surface area contributed by atoms with E-state index in [4.69, 9.17) is 66.3 Å². The molecule has 5 aliphatic heterocycles. The Balaban J connectivity index is 1.15. The fourth-order valence-corrected chi connectivity index (χ4v) is 8.02. The number of aliphatic hydroxyl groups is 2. The first kappa shape index (κ1) is 43.5. The predicted molar refractivity (Wildman–Crippen MR) is 182 cm³/mol. The minimum atomic E-state index is -1.07. The monoisotopic (exact) mass is 780 g/mol. The zero-order valence-corrected chi connectivity index (χ0v) is 32.8. The molecule has 2 N–H and O–H groups in total. The molecule has 0 aromatic carbocycles. The number of esters is 2. The molecule has 20 atom stereocenters. The van der Waals surface area contributed by atoms with Crippen molar-refractivity contribution in [2.45, 2.75) is 190 Å². The number of aliphatic hydroxyl groups excluding tert-OH is 2. The summed E-state index contributed by atoms with van der Waals surface area (Å²) in [6, 6.07) is 0. The highest BCUT2D eigenvalue weighted by atomic mass is 16.8. The Hall–Kier alpha value is -1.62. The molecule has 0 aromatic heterocycles. The highest BCUT2D eigenvalue weighted by Gasteiger charge is 2.51. The average molecular weight is 781 g/mol. The highest BCUT2D eigenvalue weighted by molar-refractivity contribution is 5.71. The molecule has 18 heteroatoms. The van der Waals surface area contributed by atoms with E-state index < -0.39 is 129 Å². The second kappa shape index (κ2) is 19.2. The van der Waals surface area contributed by atoms with Gasteiger partial charge < -0.3 is 76.5 Å². The van der Waals surface area contributed by atoms with Gasteiger partial charge >= 0.3 is 11.9 Å². The maximum absolute atomic E-state index is 12.0.